The van der Waals surface area contributed by atoms with Crippen LogP contribution in [-0.2, 0) is 0 Å². The van der Waals surface area contributed by atoms with Crippen molar-refractivity contribution in [3.05, 3.63) is 4.88 Å². The number of carbonyl (C=O) groups excluding carboxylic acids is 1. The molecule has 1 aromatic heterocycles. The van der Waals surface area contributed by atoms with Crippen molar-refractivity contribution in [3.63, 3.8) is 0 Å². The molecule has 1 aliphatic heterocycles. The van der Waals surface area contributed by atoms with Crippen LogP contribution in [0.1, 0.15) is 29.4 Å². The lowest BCUT2D eigenvalue weighted by Gasteiger charge is -2.30. The molecule has 1 atom stereocenters. The number of nitrogen functional groups attached to an aromatic ring is 1. The maximum absolute atomic E-state index is 12.5. The van der Waals surface area contributed by atoms with Crippen molar-refractivity contribution in [2.24, 2.45) is 0 Å². The van der Waals surface area contributed by atoms with E-state index in [1.54, 1.807) is 0 Å². The normalized spacial score (nSPS) is 23.4. The maximum Gasteiger partial charge on any atom is 0.267 e. The van der Waals surface area contributed by atoms with E-state index in [1.165, 1.54) is 24.2 Å². The minimum atomic E-state index is 0.0333. The maximum atomic E-state index is 12.5. The highest BCUT2D eigenvalue weighted by Gasteiger charge is 2.28. The lowest BCUT2D eigenvalue weighted by molar-refractivity contribution is 0.0769. The zero-order chi connectivity index (χ0) is 13.4. The Morgan fingerprint density at radius 1 is 1.53 bits per heavy atom. The predicted octanol–water partition coefficient (Wildman–Crippen LogP) is 1.88. The molecule has 2 aliphatic rings. The lowest BCUT2D eigenvalue weighted by Crippen LogP contribution is -2.40. The van der Waals surface area contributed by atoms with Gasteiger partial charge in [0, 0.05) is 30.1 Å². The van der Waals surface area contributed by atoms with Crippen LogP contribution in [0, 0.1) is 0 Å². The van der Waals surface area contributed by atoms with E-state index in [-0.39, 0.29) is 5.91 Å². The minimum Gasteiger partial charge on any atom is -0.382 e. The summed E-state index contributed by atoms with van der Waals surface area (Å²) in [6.45, 7) is 3.75. The molecule has 2 heterocycles. The van der Waals surface area contributed by atoms with Crippen molar-refractivity contribution < 1.29 is 4.79 Å². The summed E-state index contributed by atoms with van der Waals surface area (Å²) in [5.41, 5.74) is 5.89. The van der Waals surface area contributed by atoms with Crippen LogP contribution >= 0.6 is 23.1 Å². The summed E-state index contributed by atoms with van der Waals surface area (Å²) in [6, 6.07) is 0.528. The molecule has 1 amide bonds. The summed E-state index contributed by atoms with van der Waals surface area (Å²) >= 11 is 3.30. The second-order valence-corrected chi connectivity index (χ2v) is 7.63. The molecule has 19 heavy (non-hydrogen) atoms. The van der Waals surface area contributed by atoms with Gasteiger partial charge in [0.25, 0.3) is 5.91 Å². The molecule has 1 aromatic rings. The van der Waals surface area contributed by atoms with E-state index in [4.69, 9.17) is 5.73 Å². The Hall–Kier alpha value is -0.950. The second-order valence-electron chi connectivity index (χ2n) is 5.08. The van der Waals surface area contributed by atoms with Gasteiger partial charge >= 0.3 is 0 Å². The summed E-state index contributed by atoms with van der Waals surface area (Å²) in [4.78, 5) is 19.2. The van der Waals surface area contributed by atoms with E-state index in [1.807, 2.05) is 16.7 Å². The van der Waals surface area contributed by atoms with Crippen LogP contribution in [-0.4, -0.2) is 45.9 Å². The first-order valence-electron chi connectivity index (χ1n) is 6.57. The van der Waals surface area contributed by atoms with Gasteiger partial charge in [-0.1, -0.05) is 18.3 Å². The molecule has 0 aromatic carbocycles. The molecule has 1 aliphatic carbocycles. The number of carbonyl (C=O) groups is 1. The van der Waals surface area contributed by atoms with Gasteiger partial charge in [-0.3, -0.25) is 4.79 Å². The zero-order valence-electron chi connectivity index (χ0n) is 10.9. The molecule has 7 heteroatoms. The molecule has 104 valence electrons. The van der Waals surface area contributed by atoms with E-state index >= 15 is 0 Å². The van der Waals surface area contributed by atoms with E-state index in [0.29, 0.717) is 22.0 Å². The first kappa shape index (κ1) is 13.1. The van der Waals surface area contributed by atoms with E-state index in [2.05, 4.69) is 17.2 Å². The number of nitrogens with zero attached hydrogens (tertiary/aromatic N) is 2. The third-order valence-corrected chi connectivity index (χ3v) is 5.41. The van der Waals surface area contributed by atoms with E-state index in [9.17, 15) is 4.79 Å². The average Bonchev–Trinajstić information content (AvgIpc) is 3.11. The first-order valence-corrected chi connectivity index (χ1v) is 8.43. The third kappa shape index (κ3) is 2.97. The molecule has 5 nitrogen and oxygen atoms in total. The topological polar surface area (TPSA) is 71.2 Å². The van der Waals surface area contributed by atoms with Gasteiger partial charge in [0.15, 0.2) is 5.13 Å². The highest BCUT2D eigenvalue weighted by molar-refractivity contribution is 7.99. The number of aromatic nitrogens is 1. The molecule has 2 fully saturated rings. The second kappa shape index (κ2) is 5.20. The number of rotatable bonds is 3. The number of hydrogen-bond acceptors (Lipinski definition) is 6. The molecule has 0 radical (unpaired) electrons. The highest BCUT2D eigenvalue weighted by atomic mass is 32.2. The fraction of sp³-hybridized carbons (Fsp3) is 0.667. The Morgan fingerprint density at radius 3 is 3.00 bits per heavy atom. The minimum absolute atomic E-state index is 0.0333. The molecular formula is C12H18N4OS2. The molecule has 3 rings (SSSR count). The largest absolute Gasteiger partial charge is 0.382 e. The van der Waals surface area contributed by atoms with Crippen LogP contribution in [0.4, 0.5) is 10.9 Å². The Balaban J connectivity index is 1.72. The number of nitrogens with two attached hydrogens (primary N) is 1. The fourth-order valence-corrected chi connectivity index (χ4v) is 4.04. The van der Waals surface area contributed by atoms with Gasteiger partial charge in [0.1, 0.15) is 10.7 Å². The molecule has 1 unspecified atom stereocenters. The van der Waals surface area contributed by atoms with Gasteiger partial charge in [-0.2, -0.15) is 11.8 Å². The summed E-state index contributed by atoms with van der Waals surface area (Å²) < 4.78 is 0. The van der Waals surface area contributed by atoms with Crippen LogP contribution in [0.3, 0.4) is 0 Å². The highest BCUT2D eigenvalue weighted by Crippen LogP contribution is 2.32. The van der Waals surface area contributed by atoms with Gasteiger partial charge in [0.2, 0.25) is 0 Å². The molecule has 3 N–H and O–H groups in total. The Kier molecular flexibility index (Phi) is 3.58. The van der Waals surface area contributed by atoms with Crippen molar-refractivity contribution in [3.8, 4) is 0 Å². The number of hydrogen-bond donors (Lipinski definition) is 2. The van der Waals surface area contributed by atoms with Gasteiger partial charge in [0.05, 0.1) is 0 Å². The van der Waals surface area contributed by atoms with Crippen LogP contribution in [0.5, 0.6) is 0 Å². The standard InChI is InChI=1S/C12H18N4OS2/c1-7-6-16(4-5-18-7)11(17)9-10(13)15-12(19-9)14-8-2-3-8/h7-8H,2-6,13H2,1H3,(H,14,15). The third-order valence-electron chi connectivity index (χ3n) is 3.28. The van der Waals surface area contributed by atoms with Crippen molar-refractivity contribution in [2.75, 3.05) is 29.9 Å². The van der Waals surface area contributed by atoms with Gasteiger partial charge < -0.3 is 16.0 Å². The fourth-order valence-electron chi connectivity index (χ4n) is 2.10. The monoisotopic (exact) mass is 298 g/mol. The van der Waals surface area contributed by atoms with Crippen LogP contribution in [0.25, 0.3) is 0 Å². The lowest BCUT2D eigenvalue weighted by atomic mass is 10.3. The smallest absolute Gasteiger partial charge is 0.267 e. The van der Waals surface area contributed by atoms with Crippen LogP contribution in [0.15, 0.2) is 0 Å². The zero-order valence-corrected chi connectivity index (χ0v) is 12.5. The van der Waals surface area contributed by atoms with Crippen molar-refractivity contribution >= 4 is 40.0 Å². The molecule has 0 spiro atoms. The Labute approximate surface area is 120 Å². The quantitative estimate of drug-likeness (QED) is 0.891. The van der Waals surface area contributed by atoms with Crippen molar-refractivity contribution in [1.29, 1.82) is 0 Å². The SMILES string of the molecule is CC1CN(C(=O)c2sc(NC3CC3)nc2N)CCS1. The number of thiazole rings is 1. The van der Waals surface area contributed by atoms with Crippen LogP contribution < -0.4 is 11.1 Å². The van der Waals surface area contributed by atoms with E-state index < -0.39 is 0 Å². The Bertz CT molecular complexity index is 486. The first-order chi connectivity index (χ1) is 9.13. The number of thioether (sulfide) groups is 1. The van der Waals surface area contributed by atoms with Crippen LogP contribution in [0.2, 0.25) is 0 Å². The average molecular weight is 298 g/mol. The van der Waals surface area contributed by atoms with Gasteiger partial charge in [-0.05, 0) is 12.8 Å². The number of amides is 1. The predicted molar refractivity (Wildman–Crippen MR) is 81.0 cm³/mol. The molecule has 0 bridgehead atoms. The summed E-state index contributed by atoms with van der Waals surface area (Å²) in [7, 11) is 0. The summed E-state index contributed by atoms with van der Waals surface area (Å²) in [5.74, 6) is 1.40. The number of anilines is 2. The summed E-state index contributed by atoms with van der Waals surface area (Å²) in [5, 5.41) is 4.57. The van der Waals surface area contributed by atoms with Crippen molar-refractivity contribution in [2.45, 2.75) is 31.1 Å². The molecular weight excluding hydrogens is 280 g/mol. The summed E-state index contributed by atoms with van der Waals surface area (Å²) in [6.07, 6.45) is 2.37. The van der Waals surface area contributed by atoms with Gasteiger partial charge in [-0.15, -0.1) is 0 Å². The Morgan fingerprint density at radius 2 is 2.32 bits per heavy atom. The molecule has 1 saturated heterocycles. The number of nitrogens with one attached hydrogen (secondary N) is 1. The van der Waals surface area contributed by atoms with Gasteiger partial charge in [-0.25, -0.2) is 4.98 Å². The van der Waals surface area contributed by atoms with E-state index in [0.717, 1.165) is 24.0 Å². The molecule has 1 saturated carbocycles. The van der Waals surface area contributed by atoms with Crippen molar-refractivity contribution in [1.82, 2.24) is 9.88 Å².